The van der Waals surface area contributed by atoms with E-state index in [0.717, 1.165) is 17.7 Å². The quantitative estimate of drug-likeness (QED) is 0.408. The van der Waals surface area contributed by atoms with Crippen LogP contribution in [-0.4, -0.2) is 28.9 Å². The Labute approximate surface area is 191 Å². The zero-order valence-corrected chi connectivity index (χ0v) is 19.6. The fraction of sp³-hybridized carbons (Fsp3) is 0.300. The van der Waals surface area contributed by atoms with Gasteiger partial charge in [-0.05, 0) is 46.0 Å². The maximum absolute atomic E-state index is 12.7. The normalized spacial score (nSPS) is 12.5. The van der Waals surface area contributed by atoms with E-state index in [4.69, 9.17) is 11.6 Å². The van der Waals surface area contributed by atoms with Crippen LogP contribution in [0.1, 0.15) is 25.1 Å². The molecule has 0 radical (unpaired) electrons. The number of pyridine rings is 1. The number of nitrogens with one attached hydrogen (secondary N) is 1. The number of sulfone groups is 1. The van der Waals surface area contributed by atoms with Crippen molar-refractivity contribution in [3.05, 3.63) is 57.4 Å². The lowest BCUT2D eigenvalue weighted by Gasteiger charge is -2.12. The summed E-state index contributed by atoms with van der Waals surface area (Å²) in [6.45, 7) is 4.20. The Bertz CT molecular complexity index is 1210. The van der Waals surface area contributed by atoms with Gasteiger partial charge in [-0.15, -0.1) is 0 Å². The number of imidazole rings is 1. The van der Waals surface area contributed by atoms with Crippen LogP contribution >= 0.6 is 27.5 Å². The highest BCUT2D eigenvalue weighted by molar-refractivity contribution is 9.10. The third-order valence-corrected chi connectivity index (χ3v) is 7.36. The second-order valence-electron chi connectivity index (χ2n) is 7.38. The van der Waals surface area contributed by atoms with E-state index in [1.54, 1.807) is 12.4 Å². The summed E-state index contributed by atoms with van der Waals surface area (Å²) in [7, 11) is -5.33. The van der Waals surface area contributed by atoms with E-state index in [9.17, 15) is 21.6 Å². The highest BCUT2D eigenvalue weighted by Gasteiger charge is 2.45. The van der Waals surface area contributed by atoms with Gasteiger partial charge in [0.15, 0.2) is 0 Å². The van der Waals surface area contributed by atoms with Crippen LogP contribution in [0.2, 0.25) is 5.02 Å². The van der Waals surface area contributed by atoms with Crippen LogP contribution in [0.15, 0.2) is 41.1 Å². The number of benzene rings is 1. The van der Waals surface area contributed by atoms with Crippen molar-refractivity contribution >= 4 is 37.4 Å². The monoisotopic (exact) mass is 535 g/mol. The molecule has 3 rings (SSSR count). The van der Waals surface area contributed by atoms with Gasteiger partial charge in [0, 0.05) is 27.5 Å². The van der Waals surface area contributed by atoms with Gasteiger partial charge in [-0.2, -0.15) is 13.2 Å². The minimum absolute atomic E-state index is 0.0822. The van der Waals surface area contributed by atoms with Crippen molar-refractivity contribution in [2.24, 2.45) is 5.92 Å². The molecule has 0 aliphatic carbocycles. The number of nitrogens with zero attached hydrogens (tertiary/aromatic N) is 2. The van der Waals surface area contributed by atoms with Gasteiger partial charge in [0.25, 0.3) is 9.84 Å². The number of hydrogen-bond donors (Lipinski definition) is 1. The zero-order valence-electron chi connectivity index (χ0n) is 16.5. The Morgan fingerprint density at radius 1 is 1.19 bits per heavy atom. The fourth-order valence-corrected chi connectivity index (χ4v) is 4.73. The summed E-state index contributed by atoms with van der Waals surface area (Å²) >= 11 is 9.46. The lowest BCUT2D eigenvalue weighted by Crippen LogP contribution is -2.24. The topological polar surface area (TPSA) is 75.7 Å². The number of halogens is 5. The van der Waals surface area contributed by atoms with Crippen LogP contribution in [0.5, 0.6) is 0 Å². The molecular formula is C20H18BrClF3N3O2S. The Morgan fingerprint density at radius 3 is 2.55 bits per heavy atom. The first-order valence-corrected chi connectivity index (χ1v) is 12.0. The molecule has 1 aromatic carbocycles. The number of hydrogen-bond acceptors (Lipinski definition) is 4. The number of aromatic nitrogens is 3. The average Bonchev–Trinajstić information content (AvgIpc) is 3.14. The van der Waals surface area contributed by atoms with E-state index >= 15 is 0 Å². The van der Waals surface area contributed by atoms with Crippen molar-refractivity contribution in [2.45, 2.75) is 31.5 Å². The summed E-state index contributed by atoms with van der Waals surface area (Å²) in [6.07, 6.45) is 4.08. The summed E-state index contributed by atoms with van der Waals surface area (Å²) in [5.74, 6) is -0.176. The lowest BCUT2D eigenvalue weighted by molar-refractivity contribution is -0.0437. The van der Waals surface area contributed by atoms with Crippen LogP contribution in [0.4, 0.5) is 13.2 Å². The molecule has 1 N–H and O–H groups in total. The second-order valence-corrected chi connectivity index (χ2v) is 10.5. The van der Waals surface area contributed by atoms with Crippen molar-refractivity contribution in [1.29, 1.82) is 0 Å². The molecule has 0 aliphatic heterocycles. The summed E-state index contributed by atoms with van der Waals surface area (Å²) in [5.41, 5.74) is -2.65. The number of aromatic amines is 1. The smallest absolute Gasteiger partial charge is 0.338 e. The number of alkyl halides is 3. The van der Waals surface area contributed by atoms with E-state index in [0.29, 0.717) is 23.0 Å². The van der Waals surface area contributed by atoms with Crippen LogP contribution < -0.4 is 0 Å². The highest BCUT2D eigenvalue weighted by atomic mass is 79.9. The molecule has 166 valence electrons. The van der Waals surface area contributed by atoms with E-state index in [-0.39, 0.29) is 15.1 Å². The first-order valence-electron chi connectivity index (χ1n) is 9.15. The van der Waals surface area contributed by atoms with E-state index in [1.165, 1.54) is 12.1 Å². The zero-order chi connectivity index (χ0) is 23.0. The number of H-pyrrole nitrogens is 1. The lowest BCUT2D eigenvalue weighted by atomic mass is 10.1. The SMILES string of the molecule is CC(C)Cc1cc(-c2ncc(-c3ccc(CS(=O)(=O)C(F)(F)F)c(Br)c3Cl)[nH]2)ccn1. The van der Waals surface area contributed by atoms with Crippen LogP contribution in [0, 0.1) is 5.92 Å². The maximum Gasteiger partial charge on any atom is 0.497 e. The second kappa shape index (κ2) is 8.91. The first-order chi connectivity index (χ1) is 14.4. The molecule has 11 heteroatoms. The Hall–Kier alpha value is -1.91. The molecule has 0 saturated carbocycles. The van der Waals surface area contributed by atoms with E-state index < -0.39 is 21.1 Å². The third kappa shape index (κ3) is 5.30. The summed E-state index contributed by atoms with van der Waals surface area (Å²) in [4.78, 5) is 11.9. The summed E-state index contributed by atoms with van der Waals surface area (Å²) in [6, 6.07) is 6.50. The summed E-state index contributed by atoms with van der Waals surface area (Å²) in [5, 5.41) is 0.0836. The van der Waals surface area contributed by atoms with Crippen molar-refractivity contribution < 1.29 is 21.6 Å². The minimum atomic E-state index is -5.34. The van der Waals surface area contributed by atoms with Gasteiger partial charge in [0.1, 0.15) is 5.82 Å². The van der Waals surface area contributed by atoms with Crippen molar-refractivity contribution in [2.75, 3.05) is 0 Å². The van der Waals surface area contributed by atoms with Crippen molar-refractivity contribution in [1.82, 2.24) is 15.0 Å². The maximum atomic E-state index is 12.7. The molecule has 0 fully saturated rings. The van der Waals surface area contributed by atoms with Gasteiger partial charge in [-0.3, -0.25) is 4.98 Å². The van der Waals surface area contributed by atoms with Gasteiger partial charge in [0.05, 0.1) is 22.7 Å². The molecule has 2 heterocycles. The summed E-state index contributed by atoms with van der Waals surface area (Å²) < 4.78 is 61.2. The Kier molecular flexibility index (Phi) is 6.83. The molecule has 5 nitrogen and oxygen atoms in total. The average molecular weight is 537 g/mol. The van der Waals surface area contributed by atoms with Crippen molar-refractivity contribution in [3.8, 4) is 22.6 Å². The molecular weight excluding hydrogens is 519 g/mol. The molecule has 0 saturated heterocycles. The van der Waals surface area contributed by atoms with E-state index in [1.807, 2.05) is 12.1 Å². The molecule has 31 heavy (non-hydrogen) atoms. The third-order valence-electron chi connectivity index (χ3n) is 4.43. The van der Waals surface area contributed by atoms with E-state index in [2.05, 4.69) is 44.7 Å². The first kappa shape index (κ1) is 23.7. The van der Waals surface area contributed by atoms with Crippen molar-refractivity contribution in [3.63, 3.8) is 0 Å². The number of rotatable bonds is 6. The largest absolute Gasteiger partial charge is 0.497 e. The molecule has 0 atom stereocenters. The molecule has 0 aliphatic rings. The Morgan fingerprint density at radius 2 is 1.90 bits per heavy atom. The molecule has 0 spiro atoms. The predicted octanol–water partition coefficient (Wildman–Crippen LogP) is 6.19. The predicted molar refractivity (Wildman–Crippen MR) is 117 cm³/mol. The standard InChI is InChI=1S/C20H18BrClF3N3O2S/c1-11(2)7-14-8-12(5-6-26-14)19-27-9-16(28-19)15-4-3-13(17(21)18(15)22)10-31(29,30)20(23,24)25/h3-6,8-9,11H,7,10H2,1-2H3,(H,27,28). The van der Waals surface area contributed by atoms with Crippen LogP contribution in [0.25, 0.3) is 22.6 Å². The molecule has 2 aromatic heterocycles. The van der Waals surface area contributed by atoms with Gasteiger partial charge >= 0.3 is 5.51 Å². The van der Waals surface area contributed by atoms with Gasteiger partial charge in [0.2, 0.25) is 0 Å². The van der Waals surface area contributed by atoms with Gasteiger partial charge in [-0.1, -0.05) is 37.6 Å². The molecule has 3 aromatic rings. The van der Waals surface area contributed by atoms with Gasteiger partial charge < -0.3 is 4.98 Å². The van der Waals surface area contributed by atoms with Crippen LogP contribution in [-0.2, 0) is 22.0 Å². The molecule has 0 bridgehead atoms. The fourth-order valence-electron chi connectivity index (χ4n) is 2.96. The highest BCUT2D eigenvalue weighted by Crippen LogP contribution is 2.38. The minimum Gasteiger partial charge on any atom is -0.338 e. The molecule has 0 amide bonds. The molecule has 0 unspecified atom stereocenters. The van der Waals surface area contributed by atoms with Crippen LogP contribution in [0.3, 0.4) is 0 Å². The van der Waals surface area contributed by atoms with Gasteiger partial charge in [-0.25, -0.2) is 13.4 Å². The Balaban J connectivity index is 1.92.